The van der Waals surface area contributed by atoms with Gasteiger partial charge in [0.15, 0.2) is 0 Å². The summed E-state index contributed by atoms with van der Waals surface area (Å²) < 4.78 is 10.5. The molecule has 0 spiro atoms. The quantitative estimate of drug-likeness (QED) is 0.370. The maximum Gasteiger partial charge on any atom is 0.405 e. The Balaban J connectivity index is 1.82. The number of benzene rings is 1. The van der Waals surface area contributed by atoms with Gasteiger partial charge in [0.1, 0.15) is 35.4 Å². The maximum absolute atomic E-state index is 13.1. The van der Waals surface area contributed by atoms with Crippen molar-refractivity contribution in [3.8, 4) is 0 Å². The van der Waals surface area contributed by atoms with Gasteiger partial charge >= 0.3 is 18.0 Å². The Morgan fingerprint density at radius 1 is 1.20 bits per heavy atom. The fraction of sp³-hybridized carbons (Fsp3) is 0.435. The van der Waals surface area contributed by atoms with Gasteiger partial charge in [0, 0.05) is 18.2 Å². The first-order valence-electron chi connectivity index (χ1n) is 10.8. The molecule has 2 heterocycles. The Morgan fingerprint density at radius 2 is 1.86 bits per heavy atom. The molecule has 3 N–H and O–H groups in total. The van der Waals surface area contributed by atoms with Crippen LogP contribution in [-0.4, -0.2) is 69.2 Å². The third-order valence-electron chi connectivity index (χ3n) is 5.05. The minimum Gasteiger partial charge on any atom is -0.465 e. The Labute approximate surface area is 206 Å². The van der Waals surface area contributed by atoms with Gasteiger partial charge in [-0.3, -0.25) is 19.3 Å². The molecule has 2 aliphatic rings. The second kappa shape index (κ2) is 10.4. The van der Waals surface area contributed by atoms with E-state index in [0.29, 0.717) is 11.1 Å². The molecular formula is C23H27N3O8S. The van der Waals surface area contributed by atoms with E-state index in [1.54, 1.807) is 51.1 Å². The lowest BCUT2D eigenvalue weighted by Gasteiger charge is -2.50. The summed E-state index contributed by atoms with van der Waals surface area (Å²) in [5.74, 6) is -2.27. The average Bonchev–Trinajstić information content (AvgIpc) is 2.77. The van der Waals surface area contributed by atoms with Crippen LogP contribution >= 0.6 is 11.8 Å². The summed E-state index contributed by atoms with van der Waals surface area (Å²) in [6.45, 7) is 6.12. The van der Waals surface area contributed by atoms with Crippen LogP contribution in [0.5, 0.6) is 0 Å². The smallest absolute Gasteiger partial charge is 0.405 e. The van der Waals surface area contributed by atoms with Gasteiger partial charge in [-0.05, 0) is 26.3 Å². The van der Waals surface area contributed by atoms with Gasteiger partial charge in [0.25, 0.3) is 5.91 Å². The normalized spacial score (nSPS) is 20.2. The lowest BCUT2D eigenvalue weighted by Crippen LogP contribution is -2.71. The predicted octanol–water partition coefficient (Wildman–Crippen LogP) is 1.55. The number of fused-ring (bicyclic) bond motifs is 1. The summed E-state index contributed by atoms with van der Waals surface area (Å²) in [6.07, 6.45) is -1.40. The minimum atomic E-state index is -1.40. The van der Waals surface area contributed by atoms with Crippen molar-refractivity contribution in [2.75, 3.05) is 12.4 Å². The summed E-state index contributed by atoms with van der Waals surface area (Å²) in [5, 5.41) is 13.3. The maximum atomic E-state index is 13.1. The highest BCUT2D eigenvalue weighted by Gasteiger charge is 2.55. The number of carboxylic acid groups (broad SMARTS) is 1. The molecule has 11 nitrogen and oxygen atoms in total. The first kappa shape index (κ1) is 26.1. The largest absolute Gasteiger partial charge is 0.465 e. The van der Waals surface area contributed by atoms with Crippen LogP contribution < -0.4 is 10.6 Å². The molecule has 2 aliphatic heterocycles. The third-order valence-corrected chi connectivity index (χ3v) is 6.39. The highest BCUT2D eigenvalue weighted by atomic mass is 32.2. The van der Waals surface area contributed by atoms with E-state index in [9.17, 15) is 29.1 Å². The second-order valence-corrected chi connectivity index (χ2v) is 10.0. The molecule has 3 rings (SSSR count). The first-order chi connectivity index (χ1) is 16.4. The molecule has 1 saturated heterocycles. The Hall–Kier alpha value is -3.54. The van der Waals surface area contributed by atoms with Crippen molar-refractivity contribution >= 4 is 41.6 Å². The lowest BCUT2D eigenvalue weighted by atomic mass is 10.0. The third kappa shape index (κ3) is 6.13. The van der Waals surface area contributed by atoms with Crippen LogP contribution in [0.2, 0.25) is 0 Å². The highest BCUT2D eigenvalue weighted by molar-refractivity contribution is 8.00. The molecular weight excluding hydrogens is 478 g/mol. The molecule has 3 amide bonds. The van der Waals surface area contributed by atoms with Gasteiger partial charge in [0.2, 0.25) is 5.91 Å². The summed E-state index contributed by atoms with van der Waals surface area (Å²) >= 11 is 1.28. The number of ether oxygens (including phenoxy) is 2. The van der Waals surface area contributed by atoms with Crippen LogP contribution in [0, 0.1) is 0 Å². The summed E-state index contributed by atoms with van der Waals surface area (Å²) in [5.41, 5.74) is -0.0125. The molecule has 0 bridgehead atoms. The van der Waals surface area contributed by atoms with E-state index in [4.69, 9.17) is 9.47 Å². The van der Waals surface area contributed by atoms with Crippen LogP contribution in [0.25, 0.3) is 0 Å². The first-order valence-corrected chi connectivity index (χ1v) is 11.8. The molecule has 35 heavy (non-hydrogen) atoms. The number of nitrogens with one attached hydrogen (secondary N) is 2. The molecule has 1 aromatic carbocycles. The van der Waals surface area contributed by atoms with Gasteiger partial charge in [-0.2, -0.15) is 0 Å². The van der Waals surface area contributed by atoms with Crippen LogP contribution in [0.4, 0.5) is 4.79 Å². The molecule has 0 aliphatic carbocycles. The van der Waals surface area contributed by atoms with Gasteiger partial charge in [-0.15, -0.1) is 11.8 Å². The number of hydrogen-bond acceptors (Lipinski definition) is 8. The van der Waals surface area contributed by atoms with Crippen LogP contribution in [0.1, 0.15) is 39.3 Å². The Bertz CT molecular complexity index is 1070. The van der Waals surface area contributed by atoms with Crippen molar-refractivity contribution in [3.05, 3.63) is 47.2 Å². The molecule has 3 unspecified atom stereocenters. The van der Waals surface area contributed by atoms with Gasteiger partial charge < -0.3 is 25.2 Å². The highest BCUT2D eigenvalue weighted by Crippen LogP contribution is 2.41. The average molecular weight is 506 g/mol. The summed E-state index contributed by atoms with van der Waals surface area (Å²) in [7, 11) is 0. The van der Waals surface area contributed by atoms with E-state index in [1.807, 2.05) is 0 Å². The second-order valence-electron chi connectivity index (χ2n) is 8.92. The number of nitrogens with zero attached hydrogens (tertiary/aromatic N) is 1. The fourth-order valence-corrected chi connectivity index (χ4v) is 4.93. The fourth-order valence-electron chi connectivity index (χ4n) is 3.60. The molecule has 1 aromatic rings. The van der Waals surface area contributed by atoms with Gasteiger partial charge in [-0.25, -0.2) is 9.59 Å². The number of amides is 3. The van der Waals surface area contributed by atoms with Gasteiger partial charge in [-0.1, -0.05) is 30.3 Å². The molecule has 1 fully saturated rings. The van der Waals surface area contributed by atoms with E-state index in [1.165, 1.54) is 23.6 Å². The SMILES string of the molecule is CC(=O)OCC1=C(C(=O)OC(C)(C)C)N2C(=O)C(NC(=O)C(NC(=O)O)c3ccccc3)C2SC1. The summed E-state index contributed by atoms with van der Waals surface area (Å²) in [4.78, 5) is 62.8. The lowest BCUT2D eigenvalue weighted by molar-refractivity contribution is -0.159. The molecule has 0 saturated carbocycles. The Morgan fingerprint density at radius 3 is 2.43 bits per heavy atom. The topological polar surface area (TPSA) is 151 Å². The van der Waals surface area contributed by atoms with Crippen molar-refractivity contribution in [1.29, 1.82) is 0 Å². The van der Waals surface area contributed by atoms with Gasteiger partial charge in [0.05, 0.1) is 0 Å². The number of thioether (sulfide) groups is 1. The minimum absolute atomic E-state index is 0.0105. The molecule has 0 aromatic heterocycles. The Kier molecular flexibility index (Phi) is 7.73. The van der Waals surface area contributed by atoms with Crippen LogP contribution in [0.3, 0.4) is 0 Å². The zero-order chi connectivity index (χ0) is 25.9. The van der Waals surface area contributed by atoms with E-state index in [0.717, 1.165) is 0 Å². The summed E-state index contributed by atoms with van der Waals surface area (Å²) in [6, 6.07) is 6.02. The standard InChI is InChI=1S/C23H27N3O8S/c1-12(27)33-10-14-11-35-20-16(19(29)26(20)17(14)21(30)34-23(2,3)4)24-18(28)15(25-22(31)32)13-8-6-5-7-9-13/h5-9,15-16,20,25H,10-11H2,1-4H3,(H,24,28)(H,31,32). The van der Waals surface area contributed by atoms with Crippen LogP contribution in [-0.2, 0) is 28.7 Å². The monoisotopic (exact) mass is 505 g/mol. The molecule has 0 radical (unpaired) electrons. The van der Waals surface area contributed by atoms with Crippen molar-refractivity contribution in [2.24, 2.45) is 0 Å². The van der Waals surface area contributed by atoms with Crippen LogP contribution in [0.15, 0.2) is 41.6 Å². The van der Waals surface area contributed by atoms with Crippen molar-refractivity contribution < 1.29 is 38.6 Å². The predicted molar refractivity (Wildman–Crippen MR) is 125 cm³/mol. The van der Waals surface area contributed by atoms with Crippen molar-refractivity contribution in [1.82, 2.24) is 15.5 Å². The van der Waals surface area contributed by atoms with E-state index < -0.39 is 52.9 Å². The zero-order valence-electron chi connectivity index (χ0n) is 19.7. The number of β-lactam (4-membered cyclic amide) rings is 1. The number of hydrogen-bond donors (Lipinski definition) is 3. The molecule has 3 atom stereocenters. The number of carbonyl (C=O) groups is 5. The van der Waals surface area contributed by atoms with E-state index in [-0.39, 0.29) is 18.1 Å². The van der Waals surface area contributed by atoms with E-state index >= 15 is 0 Å². The van der Waals surface area contributed by atoms with Crippen molar-refractivity contribution in [3.63, 3.8) is 0 Å². The molecule has 12 heteroatoms. The molecule has 188 valence electrons. The number of esters is 2. The van der Waals surface area contributed by atoms with Crippen molar-refractivity contribution in [2.45, 2.75) is 50.8 Å². The number of rotatable bonds is 7. The number of carbonyl (C=O) groups excluding carboxylic acids is 4. The zero-order valence-corrected chi connectivity index (χ0v) is 20.5. The van der Waals surface area contributed by atoms with E-state index in [2.05, 4.69) is 10.6 Å².